The highest BCUT2D eigenvalue weighted by Gasteiger charge is 2.29. The van der Waals surface area contributed by atoms with E-state index in [1.165, 1.54) is 0 Å². The molecule has 1 amide bonds. The van der Waals surface area contributed by atoms with Crippen LogP contribution in [0.15, 0.2) is 30.3 Å². The van der Waals surface area contributed by atoms with Gasteiger partial charge in [-0.25, -0.2) is 4.98 Å². The van der Waals surface area contributed by atoms with Crippen LogP contribution in [0.4, 0.5) is 0 Å². The third-order valence-electron chi connectivity index (χ3n) is 3.91. The number of aromatic nitrogens is 1. The second-order valence-corrected chi connectivity index (χ2v) is 6.04. The molecule has 4 nitrogen and oxygen atoms in total. The number of fused-ring (bicyclic) bond motifs is 1. The SMILES string of the molecule is CC1(NC(=O)c2cc(Cl)c3ccccc3n2)CCOCC1. The first-order chi connectivity index (χ1) is 10.1. The van der Waals surface area contributed by atoms with Gasteiger partial charge < -0.3 is 10.1 Å². The number of nitrogens with zero attached hydrogens (tertiary/aromatic N) is 1. The molecule has 1 aromatic carbocycles. The van der Waals surface area contributed by atoms with Crippen LogP contribution in [0.2, 0.25) is 5.02 Å². The highest BCUT2D eigenvalue weighted by atomic mass is 35.5. The van der Waals surface area contributed by atoms with Crippen LogP contribution in [0.25, 0.3) is 10.9 Å². The Bertz CT molecular complexity index is 681. The van der Waals surface area contributed by atoms with Crippen LogP contribution in [0, 0.1) is 0 Å². The van der Waals surface area contributed by atoms with Crippen LogP contribution in [-0.2, 0) is 4.74 Å². The third kappa shape index (κ3) is 3.01. The largest absolute Gasteiger partial charge is 0.381 e. The van der Waals surface area contributed by atoms with Gasteiger partial charge in [0.1, 0.15) is 5.69 Å². The summed E-state index contributed by atoms with van der Waals surface area (Å²) >= 11 is 6.24. The number of hydrogen-bond donors (Lipinski definition) is 1. The minimum absolute atomic E-state index is 0.188. The van der Waals surface area contributed by atoms with Crippen LogP contribution in [0.3, 0.4) is 0 Å². The highest BCUT2D eigenvalue weighted by molar-refractivity contribution is 6.35. The number of hydrogen-bond acceptors (Lipinski definition) is 3. The van der Waals surface area contributed by atoms with Crippen LogP contribution in [0.1, 0.15) is 30.3 Å². The van der Waals surface area contributed by atoms with Gasteiger partial charge in [-0.2, -0.15) is 0 Å². The van der Waals surface area contributed by atoms with E-state index in [0.717, 1.165) is 23.7 Å². The molecule has 2 heterocycles. The van der Waals surface area contributed by atoms with Crippen LogP contribution < -0.4 is 5.32 Å². The van der Waals surface area contributed by atoms with Crippen molar-refractivity contribution < 1.29 is 9.53 Å². The van der Waals surface area contributed by atoms with Crippen molar-refractivity contribution in [3.63, 3.8) is 0 Å². The number of halogens is 1. The molecule has 1 fully saturated rings. The van der Waals surface area contributed by atoms with E-state index in [1.807, 2.05) is 31.2 Å². The molecule has 0 atom stereocenters. The molecule has 1 N–H and O–H groups in total. The first kappa shape index (κ1) is 14.3. The van der Waals surface area contributed by atoms with Gasteiger partial charge in [0.2, 0.25) is 0 Å². The van der Waals surface area contributed by atoms with E-state index in [4.69, 9.17) is 16.3 Å². The Labute approximate surface area is 128 Å². The summed E-state index contributed by atoms with van der Waals surface area (Å²) in [4.78, 5) is 16.8. The quantitative estimate of drug-likeness (QED) is 0.927. The van der Waals surface area contributed by atoms with Crippen molar-refractivity contribution in [2.24, 2.45) is 0 Å². The molecule has 3 rings (SSSR count). The number of pyridine rings is 1. The average molecular weight is 305 g/mol. The topological polar surface area (TPSA) is 51.2 Å². The van der Waals surface area contributed by atoms with Gasteiger partial charge in [-0.05, 0) is 31.9 Å². The van der Waals surface area contributed by atoms with Crippen molar-refractivity contribution >= 4 is 28.4 Å². The van der Waals surface area contributed by atoms with Crippen molar-refractivity contribution in [1.29, 1.82) is 0 Å². The zero-order valence-corrected chi connectivity index (χ0v) is 12.6. The Morgan fingerprint density at radius 1 is 1.33 bits per heavy atom. The summed E-state index contributed by atoms with van der Waals surface area (Å²) in [7, 11) is 0. The summed E-state index contributed by atoms with van der Waals surface area (Å²) in [6.07, 6.45) is 1.61. The van der Waals surface area contributed by atoms with Gasteiger partial charge >= 0.3 is 0 Å². The van der Waals surface area contributed by atoms with Crippen molar-refractivity contribution in [2.45, 2.75) is 25.3 Å². The Morgan fingerprint density at radius 2 is 2.05 bits per heavy atom. The van der Waals surface area contributed by atoms with E-state index in [2.05, 4.69) is 10.3 Å². The summed E-state index contributed by atoms with van der Waals surface area (Å²) in [6, 6.07) is 9.16. The molecule has 0 radical (unpaired) electrons. The molecule has 1 saturated heterocycles. The molecule has 1 aromatic heterocycles. The summed E-state index contributed by atoms with van der Waals surface area (Å²) in [5.41, 5.74) is 0.841. The minimum Gasteiger partial charge on any atom is -0.381 e. The van der Waals surface area contributed by atoms with Gasteiger partial charge in [0, 0.05) is 24.1 Å². The van der Waals surface area contributed by atoms with E-state index in [9.17, 15) is 4.79 Å². The number of para-hydroxylation sites is 1. The van der Waals surface area contributed by atoms with E-state index in [0.29, 0.717) is 23.9 Å². The molecule has 1 aliphatic rings. The van der Waals surface area contributed by atoms with E-state index >= 15 is 0 Å². The first-order valence-electron chi connectivity index (χ1n) is 7.03. The summed E-state index contributed by atoms with van der Waals surface area (Å²) < 4.78 is 5.34. The molecule has 0 bridgehead atoms. The molecule has 2 aromatic rings. The van der Waals surface area contributed by atoms with E-state index < -0.39 is 0 Å². The predicted octanol–water partition coefficient (Wildman–Crippen LogP) is 3.19. The van der Waals surface area contributed by atoms with Crippen molar-refractivity contribution in [3.8, 4) is 0 Å². The van der Waals surface area contributed by atoms with Gasteiger partial charge in [0.05, 0.1) is 10.5 Å². The van der Waals surface area contributed by atoms with Gasteiger partial charge in [0.15, 0.2) is 0 Å². The Balaban J connectivity index is 1.87. The van der Waals surface area contributed by atoms with Gasteiger partial charge in [0.25, 0.3) is 5.91 Å². The Hall–Kier alpha value is -1.65. The zero-order chi connectivity index (χ0) is 14.9. The summed E-state index contributed by atoms with van der Waals surface area (Å²) in [5.74, 6) is -0.188. The lowest BCUT2D eigenvalue weighted by Gasteiger charge is -2.34. The van der Waals surface area contributed by atoms with Crippen LogP contribution >= 0.6 is 11.6 Å². The highest BCUT2D eigenvalue weighted by Crippen LogP contribution is 2.24. The maximum atomic E-state index is 12.4. The molecule has 0 spiro atoms. The molecule has 110 valence electrons. The number of carbonyl (C=O) groups is 1. The second-order valence-electron chi connectivity index (χ2n) is 5.63. The third-order valence-corrected chi connectivity index (χ3v) is 4.22. The average Bonchev–Trinajstić information content (AvgIpc) is 2.47. The first-order valence-corrected chi connectivity index (χ1v) is 7.41. The van der Waals surface area contributed by atoms with E-state index in [-0.39, 0.29) is 11.4 Å². The fourth-order valence-electron chi connectivity index (χ4n) is 2.53. The number of ether oxygens (including phenoxy) is 1. The normalized spacial score (nSPS) is 17.6. The number of carbonyl (C=O) groups excluding carboxylic acids is 1. The maximum Gasteiger partial charge on any atom is 0.270 e. The number of rotatable bonds is 2. The lowest BCUT2D eigenvalue weighted by molar-refractivity contribution is 0.0421. The Kier molecular flexibility index (Phi) is 3.83. The van der Waals surface area contributed by atoms with Crippen LogP contribution in [0.5, 0.6) is 0 Å². The minimum atomic E-state index is -0.241. The fraction of sp³-hybridized carbons (Fsp3) is 0.375. The molecule has 5 heteroatoms. The summed E-state index contributed by atoms with van der Waals surface area (Å²) in [6.45, 7) is 3.38. The zero-order valence-electron chi connectivity index (χ0n) is 11.9. The molecular weight excluding hydrogens is 288 g/mol. The van der Waals surface area contributed by atoms with Crippen molar-refractivity contribution in [2.75, 3.05) is 13.2 Å². The monoisotopic (exact) mass is 304 g/mol. The lowest BCUT2D eigenvalue weighted by Crippen LogP contribution is -2.49. The van der Waals surface area contributed by atoms with Crippen LogP contribution in [-0.4, -0.2) is 29.6 Å². The number of amides is 1. The van der Waals surface area contributed by atoms with Gasteiger partial charge in [-0.1, -0.05) is 29.8 Å². The van der Waals surface area contributed by atoms with E-state index in [1.54, 1.807) is 6.07 Å². The van der Waals surface area contributed by atoms with Gasteiger partial charge in [-0.3, -0.25) is 4.79 Å². The number of benzene rings is 1. The smallest absolute Gasteiger partial charge is 0.270 e. The number of nitrogens with one attached hydrogen (secondary N) is 1. The second kappa shape index (κ2) is 5.62. The van der Waals surface area contributed by atoms with Gasteiger partial charge in [-0.15, -0.1) is 0 Å². The Morgan fingerprint density at radius 3 is 2.81 bits per heavy atom. The van der Waals surface area contributed by atoms with Crippen molar-refractivity contribution in [3.05, 3.63) is 41.0 Å². The van der Waals surface area contributed by atoms with Crippen molar-refractivity contribution in [1.82, 2.24) is 10.3 Å². The predicted molar refractivity (Wildman–Crippen MR) is 82.7 cm³/mol. The maximum absolute atomic E-state index is 12.4. The molecular formula is C16H17ClN2O2. The summed E-state index contributed by atoms with van der Waals surface area (Å²) in [5, 5.41) is 4.46. The molecule has 0 unspecified atom stereocenters. The standard InChI is InChI=1S/C16H17ClN2O2/c1-16(6-8-21-9-7-16)19-15(20)14-10-12(17)11-4-2-3-5-13(11)18-14/h2-5,10H,6-9H2,1H3,(H,19,20). The molecule has 0 aliphatic carbocycles. The lowest BCUT2D eigenvalue weighted by atomic mass is 9.92. The molecule has 21 heavy (non-hydrogen) atoms. The fourth-order valence-corrected chi connectivity index (χ4v) is 2.80. The molecule has 0 saturated carbocycles. The molecule has 1 aliphatic heterocycles.